The molecule has 0 aromatic rings. The van der Waals surface area contributed by atoms with Crippen LogP contribution in [-0.2, 0) is 0 Å². The molecule has 0 radical (unpaired) electrons. The molecule has 2 heteroatoms. The Bertz CT molecular complexity index is 126. The average molecular weight is 190 g/mol. The molecular weight excluding hydrogens is 167 g/mol. The molecule has 0 aromatic heterocycles. The molecule has 0 rings (SSSR count). The molecule has 12 heavy (non-hydrogen) atoms. The van der Waals surface area contributed by atoms with E-state index in [1.165, 1.54) is 0 Å². The zero-order valence-electron chi connectivity index (χ0n) is 8.64. The second kappa shape index (κ2) is 5.72. The summed E-state index contributed by atoms with van der Waals surface area (Å²) in [5.74, 6) is 0. The van der Waals surface area contributed by atoms with Crippen LogP contribution in [0.1, 0.15) is 19.3 Å². The molecule has 0 saturated heterocycles. The van der Waals surface area contributed by atoms with Crippen molar-refractivity contribution in [2.75, 3.05) is 26.2 Å². The molecule has 1 unspecified atom stereocenters. The summed E-state index contributed by atoms with van der Waals surface area (Å²) in [4.78, 5) is 0. The number of hydrogen-bond acceptors (Lipinski definition) is 1. The minimum absolute atomic E-state index is 0.0726. The quantitative estimate of drug-likeness (QED) is 0.387. The Balaban J connectivity index is 3.46. The normalized spacial score (nSPS) is 15.7. The maximum absolute atomic E-state index is 9.61. The molecule has 0 saturated carbocycles. The van der Waals surface area contributed by atoms with E-state index in [9.17, 15) is 5.11 Å². The molecule has 1 N–H and O–H groups in total. The number of aliphatic hydroxyl groups excluding tert-OH is 1. The summed E-state index contributed by atoms with van der Waals surface area (Å²) in [6, 6.07) is 0. The van der Waals surface area contributed by atoms with E-state index in [1.807, 2.05) is 6.08 Å². The van der Waals surface area contributed by atoms with Gasteiger partial charge in [0.15, 0.2) is 0 Å². The fourth-order valence-electron chi connectivity index (χ4n) is 1.31. The van der Waals surface area contributed by atoms with Crippen molar-refractivity contribution < 1.29 is 5.11 Å². The van der Waals surface area contributed by atoms with E-state index in [0.717, 1.165) is 25.4 Å². The number of aliphatic hydroxyl groups is 1. The van der Waals surface area contributed by atoms with Gasteiger partial charge >= 0.3 is 76.5 Å². The van der Waals surface area contributed by atoms with Crippen LogP contribution in [0.25, 0.3) is 0 Å². The maximum atomic E-state index is 9.61. The minimum atomic E-state index is -1.06. The van der Waals surface area contributed by atoms with Gasteiger partial charge in [-0.15, -0.1) is 0 Å². The Kier molecular flexibility index (Phi) is 5.78. The summed E-state index contributed by atoms with van der Waals surface area (Å²) in [6.45, 7) is 10.5. The van der Waals surface area contributed by atoms with Gasteiger partial charge in [0.05, 0.1) is 0 Å². The fraction of sp³-hybridized carbons (Fsp3) is 0.800. The second-order valence-corrected chi connectivity index (χ2v) is 10.2. The number of unbranched alkanes of at least 4 members (excludes halogenated alkanes) is 1. The van der Waals surface area contributed by atoms with Crippen molar-refractivity contribution in [3.63, 3.8) is 0 Å². The van der Waals surface area contributed by atoms with E-state index >= 15 is 0 Å². The Morgan fingerprint density at radius 2 is 2.00 bits per heavy atom. The van der Waals surface area contributed by atoms with E-state index in [1.54, 1.807) is 0 Å². The van der Waals surface area contributed by atoms with Gasteiger partial charge in [-0.05, 0) is 0 Å². The van der Waals surface area contributed by atoms with Crippen molar-refractivity contribution >= 4 is 7.26 Å². The predicted octanol–water partition coefficient (Wildman–Crippen LogP) is 2.34. The van der Waals surface area contributed by atoms with Crippen LogP contribution in [0.2, 0.25) is 0 Å². The van der Waals surface area contributed by atoms with E-state index < -0.39 is 7.26 Å². The first-order valence-electron chi connectivity index (χ1n) is 4.74. The zero-order valence-corrected chi connectivity index (χ0v) is 9.64. The van der Waals surface area contributed by atoms with Gasteiger partial charge in [-0.1, -0.05) is 0 Å². The van der Waals surface area contributed by atoms with Gasteiger partial charge in [-0.3, -0.25) is 0 Å². The van der Waals surface area contributed by atoms with Crippen molar-refractivity contribution in [3.8, 4) is 0 Å². The van der Waals surface area contributed by atoms with Gasteiger partial charge in [-0.25, -0.2) is 0 Å². The van der Waals surface area contributed by atoms with Gasteiger partial charge < -0.3 is 0 Å². The topological polar surface area (TPSA) is 20.2 Å². The van der Waals surface area contributed by atoms with E-state index in [4.69, 9.17) is 0 Å². The molecule has 0 aromatic carbocycles. The number of allylic oxidation sites excluding steroid dienone is 1. The van der Waals surface area contributed by atoms with Crippen LogP contribution in [0.15, 0.2) is 12.7 Å². The van der Waals surface area contributed by atoms with Crippen molar-refractivity contribution in [3.05, 3.63) is 12.7 Å². The Morgan fingerprint density at radius 3 is 2.42 bits per heavy atom. The third kappa shape index (κ3) is 8.23. The van der Waals surface area contributed by atoms with Gasteiger partial charge in [0.2, 0.25) is 0 Å². The predicted molar refractivity (Wildman–Crippen MR) is 61.0 cm³/mol. The Labute approximate surface area is 77.2 Å². The molecule has 74 valence electrons. The third-order valence-electron chi connectivity index (χ3n) is 1.79. The van der Waals surface area contributed by atoms with Crippen molar-refractivity contribution in [2.24, 2.45) is 0 Å². The summed E-state index contributed by atoms with van der Waals surface area (Å²) in [5.41, 5.74) is 0. The van der Waals surface area contributed by atoms with Gasteiger partial charge in [0.1, 0.15) is 0 Å². The van der Waals surface area contributed by atoms with Crippen LogP contribution in [0.4, 0.5) is 0 Å². The molecule has 0 spiro atoms. The first-order valence-corrected chi connectivity index (χ1v) is 8.45. The molecule has 1 nitrogen and oxygen atoms in total. The van der Waals surface area contributed by atoms with E-state index in [2.05, 4.69) is 26.6 Å². The standard InChI is InChI=1S/C10H23OP/c1-5-6-7-8-10(11)9-12(2,3)4/h5,10-12H,1,6-9H2,2-4H3. The van der Waals surface area contributed by atoms with Crippen molar-refractivity contribution in [1.82, 2.24) is 0 Å². The van der Waals surface area contributed by atoms with Crippen molar-refractivity contribution in [1.29, 1.82) is 0 Å². The zero-order chi connectivity index (χ0) is 9.61. The monoisotopic (exact) mass is 190 g/mol. The molecule has 1 atom stereocenters. The van der Waals surface area contributed by atoms with Gasteiger partial charge in [-0.2, -0.15) is 0 Å². The fourth-order valence-corrected chi connectivity index (χ4v) is 2.92. The summed E-state index contributed by atoms with van der Waals surface area (Å²) in [5, 5.41) is 9.61. The first kappa shape index (κ1) is 12.1. The molecule has 0 aliphatic carbocycles. The molecule has 0 bridgehead atoms. The van der Waals surface area contributed by atoms with Crippen LogP contribution in [-0.4, -0.2) is 37.4 Å². The molecule has 0 amide bonds. The summed E-state index contributed by atoms with van der Waals surface area (Å²) in [6.07, 6.45) is 5.93. The van der Waals surface area contributed by atoms with E-state index in [0.29, 0.717) is 0 Å². The van der Waals surface area contributed by atoms with Crippen molar-refractivity contribution in [2.45, 2.75) is 25.4 Å². The third-order valence-corrected chi connectivity index (χ3v) is 3.49. The molecule has 0 aliphatic rings. The van der Waals surface area contributed by atoms with Crippen LogP contribution < -0.4 is 0 Å². The van der Waals surface area contributed by atoms with Gasteiger partial charge in [0.25, 0.3) is 0 Å². The Morgan fingerprint density at radius 1 is 1.42 bits per heavy atom. The van der Waals surface area contributed by atoms with E-state index in [-0.39, 0.29) is 6.10 Å². The van der Waals surface area contributed by atoms with Crippen LogP contribution in [0.3, 0.4) is 0 Å². The molecule has 0 heterocycles. The molecular formula is C10H23OP. The second-order valence-electron chi connectivity index (χ2n) is 4.64. The Hall–Kier alpha value is 0.130. The first-order chi connectivity index (χ1) is 5.45. The van der Waals surface area contributed by atoms with Crippen LogP contribution >= 0.6 is 7.26 Å². The average Bonchev–Trinajstić information content (AvgIpc) is 1.84. The molecule has 0 aliphatic heterocycles. The summed E-state index contributed by atoms with van der Waals surface area (Å²) < 4.78 is 0. The van der Waals surface area contributed by atoms with Crippen LogP contribution in [0, 0.1) is 0 Å². The van der Waals surface area contributed by atoms with Crippen LogP contribution in [0.5, 0.6) is 0 Å². The summed E-state index contributed by atoms with van der Waals surface area (Å²) >= 11 is 0. The number of hydrogen-bond donors (Lipinski definition) is 1. The molecule has 0 fully saturated rings. The number of rotatable bonds is 6. The SMILES string of the molecule is C=CCCCC(O)C[PH](C)(C)C. The summed E-state index contributed by atoms with van der Waals surface area (Å²) in [7, 11) is -1.06. The van der Waals surface area contributed by atoms with Gasteiger partial charge in [0, 0.05) is 0 Å².